The van der Waals surface area contributed by atoms with Crippen LogP contribution in [0.1, 0.15) is 18.2 Å². The number of hydrogen-bond acceptors (Lipinski definition) is 4. The van der Waals surface area contributed by atoms with E-state index in [1.54, 1.807) is 4.52 Å². The van der Waals surface area contributed by atoms with E-state index < -0.39 is 11.6 Å². The van der Waals surface area contributed by atoms with Crippen molar-refractivity contribution in [2.24, 2.45) is 0 Å². The Labute approximate surface area is 126 Å². The van der Waals surface area contributed by atoms with Gasteiger partial charge in [-0.15, -0.1) is 0 Å². The molecule has 0 aliphatic rings. The van der Waals surface area contributed by atoms with E-state index in [-0.39, 0.29) is 0 Å². The van der Waals surface area contributed by atoms with Gasteiger partial charge in [-0.25, -0.2) is 13.8 Å². The summed E-state index contributed by atoms with van der Waals surface area (Å²) in [7, 11) is 0. The minimum absolute atomic E-state index is 0.437. The average molecular weight is 303 g/mol. The van der Waals surface area contributed by atoms with Crippen LogP contribution in [0.25, 0.3) is 5.78 Å². The van der Waals surface area contributed by atoms with E-state index in [0.717, 1.165) is 24.0 Å². The van der Waals surface area contributed by atoms with Crippen molar-refractivity contribution < 1.29 is 8.78 Å². The third-order valence-electron chi connectivity index (χ3n) is 3.38. The summed E-state index contributed by atoms with van der Waals surface area (Å²) in [5.74, 6) is 0.175. The molecule has 0 aliphatic carbocycles. The molecule has 7 heteroatoms. The second-order valence-corrected chi connectivity index (χ2v) is 4.87. The lowest BCUT2D eigenvalue weighted by Crippen LogP contribution is -2.11. The molecule has 0 amide bonds. The summed E-state index contributed by atoms with van der Waals surface area (Å²) in [4.78, 5) is 8.43. The molecule has 0 saturated heterocycles. The van der Waals surface area contributed by atoms with Crippen LogP contribution in [0.15, 0.2) is 30.6 Å². The first-order valence-corrected chi connectivity index (χ1v) is 7.05. The second kappa shape index (κ2) is 6.05. The Morgan fingerprint density at radius 3 is 2.86 bits per heavy atom. The summed E-state index contributed by atoms with van der Waals surface area (Å²) in [5.41, 5.74) is 1.37. The molecular formula is C15H15F2N5. The zero-order valence-corrected chi connectivity index (χ0v) is 12.1. The van der Waals surface area contributed by atoms with Gasteiger partial charge in [0.15, 0.2) is 0 Å². The molecule has 0 bridgehead atoms. The van der Waals surface area contributed by atoms with E-state index >= 15 is 0 Å². The van der Waals surface area contributed by atoms with Crippen molar-refractivity contribution >= 4 is 11.6 Å². The van der Waals surface area contributed by atoms with Crippen LogP contribution in [0.3, 0.4) is 0 Å². The lowest BCUT2D eigenvalue weighted by Gasteiger charge is -2.09. The first kappa shape index (κ1) is 14.4. The molecule has 0 unspecified atom stereocenters. The minimum atomic E-state index is -0.569. The van der Waals surface area contributed by atoms with E-state index in [1.165, 1.54) is 18.5 Å². The van der Waals surface area contributed by atoms with Gasteiger partial charge in [0.1, 0.15) is 23.8 Å². The van der Waals surface area contributed by atoms with Gasteiger partial charge in [-0.05, 0) is 24.5 Å². The molecule has 2 heterocycles. The van der Waals surface area contributed by atoms with Gasteiger partial charge in [0.25, 0.3) is 5.78 Å². The Morgan fingerprint density at radius 2 is 2.09 bits per heavy atom. The van der Waals surface area contributed by atoms with Crippen LogP contribution < -0.4 is 5.32 Å². The van der Waals surface area contributed by atoms with Crippen molar-refractivity contribution in [1.29, 1.82) is 0 Å². The number of nitrogens with zero attached hydrogens (tertiary/aromatic N) is 4. The van der Waals surface area contributed by atoms with Crippen LogP contribution in [0, 0.1) is 11.6 Å². The standard InChI is InChI=1S/C15H15F2N5/c1-2-12-8-14(22-15(21-12)19-9-20-22)18-6-5-10-3-4-11(16)7-13(10)17/h3-4,7-9,18H,2,5-6H2,1H3. The number of rotatable bonds is 5. The number of fused-ring (bicyclic) bond motifs is 1. The molecule has 1 aromatic carbocycles. The summed E-state index contributed by atoms with van der Waals surface area (Å²) in [6, 6.07) is 5.51. The van der Waals surface area contributed by atoms with Gasteiger partial charge in [0.05, 0.1) is 0 Å². The Balaban J connectivity index is 1.75. The molecule has 114 valence electrons. The van der Waals surface area contributed by atoms with Crippen molar-refractivity contribution in [3.63, 3.8) is 0 Å². The highest BCUT2D eigenvalue weighted by Gasteiger charge is 2.07. The Kier molecular flexibility index (Phi) is 3.95. The average Bonchev–Trinajstić information content (AvgIpc) is 2.97. The molecular weight excluding hydrogens is 288 g/mol. The predicted octanol–water partition coefficient (Wildman–Crippen LogP) is 2.62. The number of aryl methyl sites for hydroxylation is 1. The van der Waals surface area contributed by atoms with E-state index in [4.69, 9.17) is 0 Å². The second-order valence-electron chi connectivity index (χ2n) is 4.87. The maximum absolute atomic E-state index is 13.6. The van der Waals surface area contributed by atoms with E-state index in [1.807, 2.05) is 13.0 Å². The Bertz CT molecular complexity index is 800. The predicted molar refractivity (Wildman–Crippen MR) is 78.7 cm³/mol. The summed E-state index contributed by atoms with van der Waals surface area (Å²) in [6.45, 7) is 2.50. The zero-order valence-electron chi connectivity index (χ0n) is 12.1. The molecule has 5 nitrogen and oxygen atoms in total. The zero-order chi connectivity index (χ0) is 15.5. The van der Waals surface area contributed by atoms with Crippen molar-refractivity contribution in [1.82, 2.24) is 19.6 Å². The smallest absolute Gasteiger partial charge is 0.254 e. The molecule has 0 aliphatic heterocycles. The van der Waals surface area contributed by atoms with Crippen molar-refractivity contribution in [3.8, 4) is 0 Å². The highest BCUT2D eigenvalue weighted by Crippen LogP contribution is 2.13. The van der Waals surface area contributed by atoms with Crippen molar-refractivity contribution in [2.75, 3.05) is 11.9 Å². The Morgan fingerprint density at radius 1 is 1.23 bits per heavy atom. The lowest BCUT2D eigenvalue weighted by molar-refractivity contribution is 0.572. The molecule has 0 fully saturated rings. The van der Waals surface area contributed by atoms with Crippen LogP contribution in [0.4, 0.5) is 14.6 Å². The number of nitrogens with one attached hydrogen (secondary N) is 1. The summed E-state index contributed by atoms with van der Waals surface area (Å²) in [5, 5.41) is 7.30. The fraction of sp³-hybridized carbons (Fsp3) is 0.267. The molecule has 1 N–H and O–H groups in total. The fourth-order valence-electron chi connectivity index (χ4n) is 2.22. The highest BCUT2D eigenvalue weighted by atomic mass is 19.1. The van der Waals surface area contributed by atoms with Crippen molar-refractivity contribution in [2.45, 2.75) is 19.8 Å². The third-order valence-corrected chi connectivity index (χ3v) is 3.38. The molecule has 3 aromatic rings. The number of aromatic nitrogens is 4. The van der Waals surface area contributed by atoms with Gasteiger partial charge in [-0.1, -0.05) is 13.0 Å². The van der Waals surface area contributed by atoms with Gasteiger partial charge in [-0.2, -0.15) is 14.6 Å². The largest absolute Gasteiger partial charge is 0.370 e. The number of benzene rings is 1. The van der Waals surface area contributed by atoms with Crippen molar-refractivity contribution in [3.05, 3.63) is 53.5 Å². The van der Waals surface area contributed by atoms with Gasteiger partial charge >= 0.3 is 0 Å². The summed E-state index contributed by atoms with van der Waals surface area (Å²) in [6.07, 6.45) is 2.66. The molecule has 0 atom stereocenters. The van der Waals surface area contributed by atoms with Crippen LogP contribution in [0.2, 0.25) is 0 Å². The van der Waals surface area contributed by atoms with Crippen LogP contribution in [-0.2, 0) is 12.8 Å². The van der Waals surface area contributed by atoms with E-state index in [2.05, 4.69) is 20.4 Å². The number of anilines is 1. The lowest BCUT2D eigenvalue weighted by atomic mass is 10.1. The number of hydrogen-bond donors (Lipinski definition) is 1. The van der Waals surface area contributed by atoms with Crippen LogP contribution in [-0.4, -0.2) is 26.1 Å². The topological polar surface area (TPSA) is 55.1 Å². The number of halogens is 2. The SMILES string of the molecule is CCc1cc(NCCc2ccc(F)cc2F)n2ncnc2n1. The maximum Gasteiger partial charge on any atom is 0.254 e. The first-order chi connectivity index (χ1) is 10.7. The van der Waals surface area contributed by atoms with E-state index in [0.29, 0.717) is 24.3 Å². The molecule has 3 rings (SSSR count). The normalized spacial score (nSPS) is 11.0. The van der Waals surface area contributed by atoms with Gasteiger partial charge < -0.3 is 5.32 Å². The van der Waals surface area contributed by atoms with Crippen LogP contribution >= 0.6 is 0 Å². The molecule has 2 aromatic heterocycles. The van der Waals surface area contributed by atoms with Gasteiger partial charge in [-0.3, -0.25) is 0 Å². The molecule has 0 spiro atoms. The molecule has 0 radical (unpaired) electrons. The van der Waals surface area contributed by atoms with Gasteiger partial charge in [0, 0.05) is 24.4 Å². The molecule has 0 saturated carbocycles. The summed E-state index contributed by atoms with van der Waals surface area (Å²) < 4.78 is 28.1. The maximum atomic E-state index is 13.6. The Hall–Kier alpha value is -2.57. The quantitative estimate of drug-likeness (QED) is 0.787. The third kappa shape index (κ3) is 2.88. The first-order valence-electron chi connectivity index (χ1n) is 7.05. The minimum Gasteiger partial charge on any atom is -0.370 e. The van der Waals surface area contributed by atoms with E-state index in [9.17, 15) is 8.78 Å². The molecule has 22 heavy (non-hydrogen) atoms. The van der Waals surface area contributed by atoms with Crippen LogP contribution in [0.5, 0.6) is 0 Å². The highest BCUT2D eigenvalue weighted by molar-refractivity contribution is 5.45. The monoisotopic (exact) mass is 303 g/mol. The van der Waals surface area contributed by atoms with Gasteiger partial charge in [0.2, 0.25) is 0 Å². The fourth-order valence-corrected chi connectivity index (χ4v) is 2.22. The summed E-state index contributed by atoms with van der Waals surface area (Å²) >= 11 is 0.